The molecule has 0 unspecified atom stereocenters. The Hall–Kier alpha value is 1.40. The molecule has 6 N–H and O–H groups in total. The quantitative estimate of drug-likeness (QED) is 0.438. The van der Waals surface area contributed by atoms with Gasteiger partial charge in [0.05, 0.1) is 0 Å². The zero-order valence-corrected chi connectivity index (χ0v) is 3.48. The van der Waals surface area contributed by atoms with E-state index in [9.17, 15) is 0 Å². The molecular formula is H6O3Yb. The van der Waals surface area contributed by atoms with Crippen LogP contribution in [0.3, 0.4) is 0 Å². The van der Waals surface area contributed by atoms with Gasteiger partial charge in [-0.3, -0.25) is 0 Å². The summed E-state index contributed by atoms with van der Waals surface area (Å²) in [6.45, 7) is 0. The molecule has 4 heteroatoms. The Bertz CT molecular complexity index is 3.25. The van der Waals surface area contributed by atoms with Crippen molar-refractivity contribution < 1.29 is 63.4 Å². The summed E-state index contributed by atoms with van der Waals surface area (Å²) >= 11 is 0. The fourth-order valence-corrected chi connectivity index (χ4v) is 0. The SMILES string of the molecule is O.O.O.[Yb]. The second kappa shape index (κ2) is 26.0. The molecule has 4 heavy (non-hydrogen) atoms. The smallest absolute Gasteiger partial charge is 0 e. The number of hydrogen-bond donors (Lipinski definition) is 0. The van der Waals surface area contributed by atoms with Crippen molar-refractivity contribution in [3.8, 4) is 0 Å². The van der Waals surface area contributed by atoms with E-state index in [-0.39, 0.29) is 63.4 Å². The molecule has 0 saturated carbocycles. The van der Waals surface area contributed by atoms with Crippen molar-refractivity contribution in [2.24, 2.45) is 0 Å². The summed E-state index contributed by atoms with van der Waals surface area (Å²) in [6, 6.07) is 0. The van der Waals surface area contributed by atoms with Gasteiger partial charge in [0.2, 0.25) is 0 Å². The second-order valence-electron chi connectivity index (χ2n) is 0. The predicted octanol–water partition coefficient (Wildman–Crippen LogP) is -2.47. The van der Waals surface area contributed by atoms with Gasteiger partial charge in [-0.25, -0.2) is 0 Å². The van der Waals surface area contributed by atoms with E-state index in [2.05, 4.69) is 0 Å². The van der Waals surface area contributed by atoms with Crippen molar-refractivity contribution in [1.29, 1.82) is 0 Å². The van der Waals surface area contributed by atoms with Crippen LogP contribution in [0.15, 0.2) is 0 Å². The van der Waals surface area contributed by atoms with E-state index < -0.39 is 0 Å². The molecule has 0 saturated heterocycles. The molecule has 0 aliphatic rings. The van der Waals surface area contributed by atoms with Gasteiger partial charge in [0.15, 0.2) is 0 Å². The van der Waals surface area contributed by atoms with Crippen LogP contribution >= 0.6 is 0 Å². The van der Waals surface area contributed by atoms with Gasteiger partial charge in [0.1, 0.15) is 0 Å². The Balaban J connectivity index is 0. The van der Waals surface area contributed by atoms with Gasteiger partial charge >= 0.3 is 0 Å². The summed E-state index contributed by atoms with van der Waals surface area (Å²) in [5, 5.41) is 0. The Morgan fingerprint density at radius 2 is 0.500 bits per heavy atom. The number of hydrogen-bond acceptors (Lipinski definition) is 0. The minimum atomic E-state index is 0. The topological polar surface area (TPSA) is 94.5 Å². The summed E-state index contributed by atoms with van der Waals surface area (Å²) in [4.78, 5) is 0. The average molecular weight is 227 g/mol. The van der Waals surface area contributed by atoms with Crippen LogP contribution in [-0.2, 0) is 0 Å². The van der Waals surface area contributed by atoms with Crippen molar-refractivity contribution in [3.05, 3.63) is 0 Å². The van der Waals surface area contributed by atoms with E-state index in [0.29, 0.717) is 0 Å². The standard InChI is InChI=1S/3H2O.Yb/h3*1H2;. The Morgan fingerprint density at radius 3 is 0.500 bits per heavy atom. The molecule has 0 atom stereocenters. The van der Waals surface area contributed by atoms with Crippen molar-refractivity contribution in [3.63, 3.8) is 0 Å². The average Bonchev–Trinajstić information content (AvgIpc) is 0. The molecule has 0 bridgehead atoms. The number of rotatable bonds is 0. The molecule has 0 aromatic heterocycles. The van der Waals surface area contributed by atoms with Crippen LogP contribution in [0.1, 0.15) is 0 Å². The molecular weight excluding hydrogens is 221 g/mol. The van der Waals surface area contributed by atoms with E-state index in [0.717, 1.165) is 0 Å². The van der Waals surface area contributed by atoms with Crippen molar-refractivity contribution in [2.75, 3.05) is 0 Å². The maximum Gasteiger partial charge on any atom is 0 e. The molecule has 0 heterocycles. The molecule has 0 aliphatic carbocycles. The fraction of sp³-hybridized carbons (Fsp3) is 0. The summed E-state index contributed by atoms with van der Waals surface area (Å²) in [6.07, 6.45) is 0. The molecule has 0 aromatic carbocycles. The van der Waals surface area contributed by atoms with Crippen molar-refractivity contribution in [2.45, 2.75) is 0 Å². The molecule has 0 aliphatic heterocycles. The molecule has 0 amide bonds. The third kappa shape index (κ3) is 9.99. The van der Waals surface area contributed by atoms with E-state index in [1.807, 2.05) is 0 Å². The zero-order chi connectivity index (χ0) is 0. The third-order valence-corrected chi connectivity index (χ3v) is 0. The Labute approximate surface area is 62.6 Å². The van der Waals surface area contributed by atoms with E-state index in [4.69, 9.17) is 0 Å². The van der Waals surface area contributed by atoms with Crippen LogP contribution in [0.5, 0.6) is 0 Å². The second-order valence-corrected chi connectivity index (χ2v) is 0. The Morgan fingerprint density at radius 1 is 0.500 bits per heavy atom. The molecule has 0 spiro atoms. The summed E-state index contributed by atoms with van der Waals surface area (Å²) < 4.78 is 0. The van der Waals surface area contributed by atoms with Crippen molar-refractivity contribution >= 4 is 0 Å². The van der Waals surface area contributed by atoms with Gasteiger partial charge in [0, 0.05) is 46.9 Å². The van der Waals surface area contributed by atoms with E-state index in [1.165, 1.54) is 0 Å². The van der Waals surface area contributed by atoms with Gasteiger partial charge < -0.3 is 16.4 Å². The first-order valence-corrected chi connectivity index (χ1v) is 0. The summed E-state index contributed by atoms with van der Waals surface area (Å²) in [5.74, 6) is 0. The molecule has 38 valence electrons. The van der Waals surface area contributed by atoms with Gasteiger partial charge in [-0.2, -0.15) is 0 Å². The fourth-order valence-electron chi connectivity index (χ4n) is 0. The molecule has 0 aromatic rings. The molecule has 3 nitrogen and oxygen atoms in total. The van der Waals surface area contributed by atoms with Crippen LogP contribution < -0.4 is 0 Å². The first kappa shape index (κ1) is 53.4. The van der Waals surface area contributed by atoms with Crippen LogP contribution in [0.4, 0.5) is 0 Å². The van der Waals surface area contributed by atoms with Crippen molar-refractivity contribution in [1.82, 2.24) is 0 Å². The first-order chi connectivity index (χ1) is 0. The Kier molecular flexibility index (Phi) is 346. The van der Waals surface area contributed by atoms with Crippen LogP contribution in [0, 0.1) is 46.9 Å². The van der Waals surface area contributed by atoms with Gasteiger partial charge in [-0.05, 0) is 0 Å². The summed E-state index contributed by atoms with van der Waals surface area (Å²) in [5.41, 5.74) is 0. The van der Waals surface area contributed by atoms with E-state index >= 15 is 0 Å². The largest absolute Gasteiger partial charge is 0.412 e. The molecule has 0 radical (unpaired) electrons. The van der Waals surface area contributed by atoms with Crippen LogP contribution in [0.2, 0.25) is 0 Å². The molecule has 0 rings (SSSR count). The van der Waals surface area contributed by atoms with Crippen LogP contribution in [0.25, 0.3) is 0 Å². The molecule has 0 fully saturated rings. The van der Waals surface area contributed by atoms with Crippen LogP contribution in [-0.4, -0.2) is 16.4 Å². The van der Waals surface area contributed by atoms with Gasteiger partial charge in [0.25, 0.3) is 0 Å². The minimum Gasteiger partial charge on any atom is -0.412 e. The predicted molar refractivity (Wildman–Crippen MR) is 10.8 cm³/mol. The monoisotopic (exact) mass is 228 g/mol. The van der Waals surface area contributed by atoms with Gasteiger partial charge in [-0.1, -0.05) is 0 Å². The van der Waals surface area contributed by atoms with Gasteiger partial charge in [-0.15, -0.1) is 0 Å². The normalized spacial score (nSPS) is 0. The summed E-state index contributed by atoms with van der Waals surface area (Å²) in [7, 11) is 0. The minimum absolute atomic E-state index is 0. The third-order valence-electron chi connectivity index (χ3n) is 0. The maximum atomic E-state index is 0. The first-order valence-electron chi connectivity index (χ1n) is 0. The zero-order valence-electron chi connectivity index (χ0n) is 1.77. The maximum absolute atomic E-state index is 0. The van der Waals surface area contributed by atoms with E-state index in [1.54, 1.807) is 0 Å².